The lowest BCUT2D eigenvalue weighted by atomic mass is 9.84. The molecule has 0 spiro atoms. The Kier molecular flexibility index (Phi) is 2.91. The molecular weight excluding hydrogens is 214 g/mol. The number of carbonyl (C=O) groups is 1. The molecule has 0 aromatic heterocycles. The molecule has 3 heteroatoms. The lowest BCUT2D eigenvalue weighted by Crippen LogP contribution is -2.43. The maximum absolute atomic E-state index is 12.0. The van der Waals surface area contributed by atoms with E-state index in [1.54, 1.807) is 0 Å². The van der Waals surface area contributed by atoms with Crippen molar-refractivity contribution < 1.29 is 9.53 Å². The summed E-state index contributed by atoms with van der Waals surface area (Å²) in [6.07, 6.45) is 2.31. The summed E-state index contributed by atoms with van der Waals surface area (Å²) >= 11 is 0. The van der Waals surface area contributed by atoms with Gasteiger partial charge >= 0.3 is 6.09 Å². The van der Waals surface area contributed by atoms with Gasteiger partial charge in [-0.1, -0.05) is 13.8 Å². The molecule has 1 aliphatic heterocycles. The first-order valence-corrected chi connectivity index (χ1v) is 6.72. The Bertz CT molecular complexity index is 319. The molecule has 0 bridgehead atoms. The molecule has 1 saturated carbocycles. The SMILES string of the molecule is CC(C)C12CCN(C(=O)OC(C)(C)C)CC1C2. The third-order valence-electron chi connectivity index (χ3n) is 4.37. The van der Waals surface area contributed by atoms with E-state index in [2.05, 4.69) is 13.8 Å². The van der Waals surface area contributed by atoms with Crippen LogP contribution in [0.3, 0.4) is 0 Å². The van der Waals surface area contributed by atoms with E-state index in [-0.39, 0.29) is 11.7 Å². The van der Waals surface area contributed by atoms with E-state index >= 15 is 0 Å². The van der Waals surface area contributed by atoms with Crippen LogP contribution < -0.4 is 0 Å². The number of carbonyl (C=O) groups excluding carboxylic acids is 1. The van der Waals surface area contributed by atoms with Crippen molar-refractivity contribution in [2.75, 3.05) is 13.1 Å². The third-order valence-corrected chi connectivity index (χ3v) is 4.37. The number of piperidine rings is 1. The number of ether oxygens (including phenoxy) is 1. The minimum absolute atomic E-state index is 0.137. The van der Waals surface area contributed by atoms with Crippen LogP contribution in [0.1, 0.15) is 47.5 Å². The second kappa shape index (κ2) is 3.89. The first kappa shape index (κ1) is 12.7. The number of amides is 1. The minimum atomic E-state index is -0.382. The van der Waals surface area contributed by atoms with E-state index in [1.807, 2.05) is 25.7 Å². The zero-order valence-corrected chi connectivity index (χ0v) is 11.7. The minimum Gasteiger partial charge on any atom is -0.444 e. The van der Waals surface area contributed by atoms with Gasteiger partial charge in [-0.3, -0.25) is 0 Å². The van der Waals surface area contributed by atoms with Gasteiger partial charge in [0.1, 0.15) is 5.60 Å². The normalized spacial score (nSPS) is 32.4. The molecule has 1 aliphatic carbocycles. The Labute approximate surface area is 105 Å². The Hall–Kier alpha value is -0.730. The van der Waals surface area contributed by atoms with Gasteiger partial charge in [0.05, 0.1) is 0 Å². The molecule has 2 rings (SSSR count). The summed E-state index contributed by atoms with van der Waals surface area (Å²) in [5.41, 5.74) is 0.158. The molecule has 1 saturated heterocycles. The fourth-order valence-corrected chi connectivity index (χ4v) is 3.14. The van der Waals surface area contributed by atoms with E-state index in [1.165, 1.54) is 6.42 Å². The number of likely N-dealkylation sites (tertiary alicyclic amines) is 1. The summed E-state index contributed by atoms with van der Waals surface area (Å²) in [5.74, 6) is 1.46. The summed E-state index contributed by atoms with van der Waals surface area (Å²) < 4.78 is 5.42. The van der Waals surface area contributed by atoms with Crippen molar-refractivity contribution in [1.29, 1.82) is 0 Å². The average Bonchev–Trinajstić information content (AvgIpc) is 2.88. The predicted octanol–water partition coefficient (Wildman–Crippen LogP) is 3.29. The monoisotopic (exact) mass is 239 g/mol. The van der Waals surface area contributed by atoms with Gasteiger partial charge in [-0.2, -0.15) is 0 Å². The standard InChI is InChI=1S/C14H25NO2/c1-10(2)14-6-7-15(9-11(14)8-14)12(16)17-13(3,4)5/h10-11H,6-9H2,1-5H3. The summed E-state index contributed by atoms with van der Waals surface area (Å²) in [7, 11) is 0. The van der Waals surface area contributed by atoms with Gasteiger partial charge in [0.2, 0.25) is 0 Å². The van der Waals surface area contributed by atoms with Gasteiger partial charge in [-0.25, -0.2) is 4.79 Å². The molecule has 1 amide bonds. The zero-order valence-electron chi connectivity index (χ0n) is 11.7. The quantitative estimate of drug-likeness (QED) is 0.702. The van der Waals surface area contributed by atoms with Crippen LogP contribution in [-0.2, 0) is 4.74 Å². The van der Waals surface area contributed by atoms with Crippen molar-refractivity contribution in [2.45, 2.75) is 53.1 Å². The van der Waals surface area contributed by atoms with Gasteiger partial charge in [0, 0.05) is 13.1 Å². The summed E-state index contributed by atoms with van der Waals surface area (Å²) in [6, 6.07) is 0. The molecular formula is C14H25NO2. The first-order chi connectivity index (χ1) is 7.74. The summed E-state index contributed by atoms with van der Waals surface area (Å²) in [5, 5.41) is 0. The number of nitrogens with zero attached hydrogens (tertiary/aromatic N) is 1. The highest BCUT2D eigenvalue weighted by molar-refractivity contribution is 5.68. The van der Waals surface area contributed by atoms with Crippen LogP contribution in [0.5, 0.6) is 0 Å². The molecule has 2 unspecified atom stereocenters. The number of rotatable bonds is 1. The van der Waals surface area contributed by atoms with Crippen molar-refractivity contribution in [3.8, 4) is 0 Å². The highest BCUT2D eigenvalue weighted by atomic mass is 16.6. The summed E-state index contributed by atoms with van der Waals surface area (Å²) in [4.78, 5) is 13.8. The summed E-state index contributed by atoms with van der Waals surface area (Å²) in [6.45, 7) is 12.1. The Morgan fingerprint density at radius 2 is 2.06 bits per heavy atom. The third kappa shape index (κ3) is 2.43. The lowest BCUT2D eigenvalue weighted by molar-refractivity contribution is 0.0157. The molecule has 0 aromatic rings. The van der Waals surface area contributed by atoms with Gasteiger partial charge < -0.3 is 9.64 Å². The van der Waals surface area contributed by atoms with Crippen LogP contribution in [0.2, 0.25) is 0 Å². The van der Waals surface area contributed by atoms with Crippen LogP contribution in [0.15, 0.2) is 0 Å². The second-order valence-corrected chi connectivity index (χ2v) is 6.97. The topological polar surface area (TPSA) is 29.5 Å². The van der Waals surface area contributed by atoms with Gasteiger partial charge in [0.15, 0.2) is 0 Å². The van der Waals surface area contributed by atoms with Crippen molar-refractivity contribution in [2.24, 2.45) is 17.3 Å². The molecule has 0 N–H and O–H groups in total. The van der Waals surface area contributed by atoms with Gasteiger partial charge in [-0.15, -0.1) is 0 Å². The Morgan fingerprint density at radius 3 is 2.53 bits per heavy atom. The number of fused-ring (bicyclic) bond motifs is 1. The van der Waals surface area contributed by atoms with Crippen molar-refractivity contribution in [1.82, 2.24) is 4.90 Å². The van der Waals surface area contributed by atoms with Crippen molar-refractivity contribution in [3.05, 3.63) is 0 Å². The van der Waals surface area contributed by atoms with Crippen LogP contribution in [-0.4, -0.2) is 29.7 Å². The van der Waals surface area contributed by atoms with Gasteiger partial charge in [-0.05, 0) is 50.9 Å². The maximum atomic E-state index is 12.0. The largest absolute Gasteiger partial charge is 0.444 e. The first-order valence-electron chi connectivity index (χ1n) is 6.72. The Morgan fingerprint density at radius 1 is 1.41 bits per heavy atom. The molecule has 3 nitrogen and oxygen atoms in total. The molecule has 0 aromatic carbocycles. The van der Waals surface area contributed by atoms with Crippen LogP contribution in [0.25, 0.3) is 0 Å². The average molecular weight is 239 g/mol. The second-order valence-electron chi connectivity index (χ2n) is 6.97. The van der Waals surface area contributed by atoms with E-state index in [0.29, 0.717) is 11.3 Å². The molecule has 2 aliphatic rings. The van der Waals surface area contributed by atoms with Crippen LogP contribution in [0, 0.1) is 17.3 Å². The lowest BCUT2D eigenvalue weighted by Gasteiger charge is -2.34. The number of hydrogen-bond donors (Lipinski definition) is 0. The highest BCUT2D eigenvalue weighted by Crippen LogP contribution is 2.62. The molecule has 17 heavy (non-hydrogen) atoms. The predicted molar refractivity (Wildman–Crippen MR) is 67.8 cm³/mol. The fourth-order valence-electron chi connectivity index (χ4n) is 3.14. The van der Waals surface area contributed by atoms with Gasteiger partial charge in [0.25, 0.3) is 0 Å². The molecule has 2 fully saturated rings. The zero-order chi connectivity index (χ0) is 12.8. The van der Waals surface area contributed by atoms with E-state index in [4.69, 9.17) is 4.74 Å². The fraction of sp³-hybridized carbons (Fsp3) is 0.929. The highest BCUT2D eigenvalue weighted by Gasteiger charge is 2.58. The van der Waals surface area contributed by atoms with E-state index < -0.39 is 0 Å². The number of hydrogen-bond acceptors (Lipinski definition) is 2. The maximum Gasteiger partial charge on any atom is 0.410 e. The van der Waals surface area contributed by atoms with Crippen molar-refractivity contribution in [3.63, 3.8) is 0 Å². The smallest absolute Gasteiger partial charge is 0.410 e. The van der Waals surface area contributed by atoms with Crippen LogP contribution >= 0.6 is 0 Å². The van der Waals surface area contributed by atoms with E-state index in [0.717, 1.165) is 25.4 Å². The molecule has 2 atom stereocenters. The molecule has 98 valence electrons. The molecule has 1 heterocycles. The van der Waals surface area contributed by atoms with Crippen molar-refractivity contribution >= 4 is 6.09 Å². The molecule has 0 radical (unpaired) electrons. The van der Waals surface area contributed by atoms with E-state index in [9.17, 15) is 4.79 Å². The Balaban J connectivity index is 1.90. The van der Waals surface area contributed by atoms with Crippen LogP contribution in [0.4, 0.5) is 4.79 Å².